The van der Waals surface area contributed by atoms with Crippen molar-refractivity contribution in [3.05, 3.63) is 35.9 Å². The van der Waals surface area contributed by atoms with Crippen LogP contribution >= 0.6 is 0 Å². The molecule has 0 fully saturated rings. The van der Waals surface area contributed by atoms with E-state index < -0.39 is 0 Å². The lowest BCUT2D eigenvalue weighted by atomic mass is 9.84. The summed E-state index contributed by atoms with van der Waals surface area (Å²) in [5.41, 5.74) is 1.07. The summed E-state index contributed by atoms with van der Waals surface area (Å²) in [5, 5.41) is 9.07. The number of amides is 1. The lowest BCUT2D eigenvalue weighted by Crippen LogP contribution is -2.39. The second-order valence-corrected chi connectivity index (χ2v) is 4.92. The summed E-state index contributed by atoms with van der Waals surface area (Å²) >= 11 is 0. The first-order valence-corrected chi connectivity index (χ1v) is 7.10. The molecule has 0 heterocycles. The quantitative estimate of drug-likeness (QED) is 0.821. The van der Waals surface area contributed by atoms with Gasteiger partial charge in [0.25, 0.3) is 0 Å². The third-order valence-electron chi connectivity index (χ3n) is 3.70. The number of benzene rings is 1. The molecule has 2 atom stereocenters. The topological polar surface area (TPSA) is 40.5 Å². The minimum atomic E-state index is -0.113. The second-order valence-electron chi connectivity index (χ2n) is 4.92. The first kappa shape index (κ1) is 15.7. The van der Waals surface area contributed by atoms with Crippen LogP contribution in [0.3, 0.4) is 0 Å². The molecule has 1 rings (SSSR count). The Hall–Kier alpha value is -1.35. The number of carbonyl (C=O) groups excluding carboxylic acids is 1. The monoisotopic (exact) mass is 263 g/mol. The summed E-state index contributed by atoms with van der Waals surface area (Å²) in [6.07, 6.45) is 0.960. The largest absolute Gasteiger partial charge is 0.395 e. The van der Waals surface area contributed by atoms with Gasteiger partial charge in [0.2, 0.25) is 5.91 Å². The van der Waals surface area contributed by atoms with Gasteiger partial charge in [-0.05, 0) is 18.4 Å². The lowest BCUT2D eigenvalue weighted by Gasteiger charge is -2.29. The number of carbonyl (C=O) groups is 1. The normalized spacial score (nSPS) is 13.9. The van der Waals surface area contributed by atoms with E-state index in [1.165, 1.54) is 0 Å². The van der Waals surface area contributed by atoms with Gasteiger partial charge in [0, 0.05) is 13.1 Å². The van der Waals surface area contributed by atoms with Crippen LogP contribution in [0.15, 0.2) is 30.3 Å². The molecule has 1 amide bonds. The molecule has 0 aromatic heterocycles. The highest BCUT2D eigenvalue weighted by molar-refractivity contribution is 5.84. The van der Waals surface area contributed by atoms with Crippen LogP contribution in [-0.2, 0) is 4.79 Å². The standard InChI is InChI=1S/C16H25NO2/c1-4-13(3)15(14-9-7-6-8-10-14)16(19)17(5-2)11-12-18/h6-10,13,15,18H,4-5,11-12H2,1-3H3. The van der Waals surface area contributed by atoms with Crippen molar-refractivity contribution in [3.63, 3.8) is 0 Å². The van der Waals surface area contributed by atoms with Crippen molar-refractivity contribution >= 4 is 5.91 Å². The highest BCUT2D eigenvalue weighted by Crippen LogP contribution is 2.28. The Kier molecular flexibility index (Phi) is 6.57. The van der Waals surface area contributed by atoms with E-state index in [1.54, 1.807) is 4.90 Å². The zero-order valence-electron chi connectivity index (χ0n) is 12.2. The number of hydrogen-bond acceptors (Lipinski definition) is 2. The Bertz CT molecular complexity index is 378. The number of nitrogens with zero attached hydrogens (tertiary/aromatic N) is 1. The molecule has 0 radical (unpaired) electrons. The van der Waals surface area contributed by atoms with Crippen LogP contribution in [0.5, 0.6) is 0 Å². The molecular weight excluding hydrogens is 238 g/mol. The predicted molar refractivity (Wildman–Crippen MR) is 78.0 cm³/mol. The van der Waals surface area contributed by atoms with Gasteiger partial charge in [-0.15, -0.1) is 0 Å². The summed E-state index contributed by atoms with van der Waals surface area (Å²) in [6, 6.07) is 9.94. The smallest absolute Gasteiger partial charge is 0.230 e. The van der Waals surface area contributed by atoms with Crippen molar-refractivity contribution in [2.45, 2.75) is 33.1 Å². The number of aliphatic hydroxyl groups is 1. The van der Waals surface area contributed by atoms with Crippen LogP contribution in [0.1, 0.15) is 38.7 Å². The Balaban J connectivity index is 3.00. The van der Waals surface area contributed by atoms with Crippen molar-refractivity contribution in [2.24, 2.45) is 5.92 Å². The van der Waals surface area contributed by atoms with Crippen molar-refractivity contribution in [2.75, 3.05) is 19.7 Å². The minimum absolute atomic E-state index is 0.0155. The molecule has 0 saturated heterocycles. The summed E-state index contributed by atoms with van der Waals surface area (Å²) < 4.78 is 0. The fourth-order valence-electron chi connectivity index (χ4n) is 2.35. The third-order valence-corrected chi connectivity index (χ3v) is 3.70. The minimum Gasteiger partial charge on any atom is -0.395 e. The average molecular weight is 263 g/mol. The van der Waals surface area contributed by atoms with E-state index in [0.29, 0.717) is 19.0 Å². The van der Waals surface area contributed by atoms with E-state index in [1.807, 2.05) is 37.3 Å². The number of hydrogen-bond donors (Lipinski definition) is 1. The van der Waals surface area contributed by atoms with E-state index in [2.05, 4.69) is 13.8 Å². The molecule has 0 spiro atoms. The fraction of sp³-hybridized carbons (Fsp3) is 0.562. The molecule has 1 aromatic rings. The Labute approximate surface area is 116 Å². The molecule has 2 unspecified atom stereocenters. The van der Waals surface area contributed by atoms with Crippen LogP contribution < -0.4 is 0 Å². The maximum Gasteiger partial charge on any atom is 0.230 e. The zero-order valence-corrected chi connectivity index (χ0v) is 12.2. The first-order chi connectivity index (χ1) is 9.15. The van der Waals surface area contributed by atoms with Gasteiger partial charge >= 0.3 is 0 Å². The Morgan fingerprint density at radius 2 is 1.89 bits per heavy atom. The first-order valence-electron chi connectivity index (χ1n) is 7.10. The van der Waals surface area contributed by atoms with Crippen LogP contribution in [-0.4, -0.2) is 35.6 Å². The molecule has 0 aliphatic heterocycles. The summed E-state index contributed by atoms with van der Waals surface area (Å²) in [6.45, 7) is 7.24. The molecule has 3 nitrogen and oxygen atoms in total. The highest BCUT2D eigenvalue weighted by atomic mass is 16.3. The van der Waals surface area contributed by atoms with E-state index in [4.69, 9.17) is 5.11 Å². The summed E-state index contributed by atoms with van der Waals surface area (Å²) in [5.74, 6) is 0.303. The fourth-order valence-corrected chi connectivity index (χ4v) is 2.35. The molecule has 0 bridgehead atoms. The molecule has 106 valence electrons. The van der Waals surface area contributed by atoms with E-state index >= 15 is 0 Å². The maximum absolute atomic E-state index is 12.7. The highest BCUT2D eigenvalue weighted by Gasteiger charge is 2.28. The van der Waals surface area contributed by atoms with Gasteiger partial charge < -0.3 is 10.0 Å². The van der Waals surface area contributed by atoms with Gasteiger partial charge in [-0.25, -0.2) is 0 Å². The number of likely N-dealkylation sites (N-methyl/N-ethyl adjacent to an activating group) is 1. The number of rotatable bonds is 7. The van der Waals surface area contributed by atoms with Gasteiger partial charge in [-0.2, -0.15) is 0 Å². The van der Waals surface area contributed by atoms with E-state index in [0.717, 1.165) is 12.0 Å². The van der Waals surface area contributed by atoms with Crippen LogP contribution in [0.4, 0.5) is 0 Å². The molecule has 3 heteroatoms. The zero-order chi connectivity index (χ0) is 14.3. The van der Waals surface area contributed by atoms with Crippen molar-refractivity contribution in [3.8, 4) is 0 Å². The molecule has 0 aliphatic carbocycles. The summed E-state index contributed by atoms with van der Waals surface area (Å²) in [7, 11) is 0. The lowest BCUT2D eigenvalue weighted by molar-refractivity contribution is -0.134. The molecule has 1 aromatic carbocycles. The van der Waals surface area contributed by atoms with Gasteiger partial charge in [0.15, 0.2) is 0 Å². The van der Waals surface area contributed by atoms with Crippen molar-refractivity contribution < 1.29 is 9.90 Å². The number of aliphatic hydroxyl groups excluding tert-OH is 1. The van der Waals surface area contributed by atoms with Crippen molar-refractivity contribution in [1.82, 2.24) is 4.90 Å². The molecular formula is C16H25NO2. The van der Waals surface area contributed by atoms with E-state index in [9.17, 15) is 4.79 Å². The van der Waals surface area contributed by atoms with E-state index in [-0.39, 0.29) is 18.4 Å². The SMILES string of the molecule is CCC(C)C(C(=O)N(CC)CCO)c1ccccc1. The predicted octanol–water partition coefficient (Wildman–Crippen LogP) is 2.66. The molecule has 0 aliphatic rings. The third kappa shape index (κ3) is 4.06. The van der Waals surface area contributed by atoms with Crippen LogP contribution in [0.25, 0.3) is 0 Å². The molecule has 0 saturated carbocycles. The van der Waals surface area contributed by atoms with Gasteiger partial charge in [-0.3, -0.25) is 4.79 Å². The maximum atomic E-state index is 12.7. The second kappa shape index (κ2) is 7.95. The average Bonchev–Trinajstić information content (AvgIpc) is 2.45. The molecule has 19 heavy (non-hydrogen) atoms. The van der Waals surface area contributed by atoms with Gasteiger partial charge in [-0.1, -0.05) is 50.6 Å². The summed E-state index contributed by atoms with van der Waals surface area (Å²) in [4.78, 5) is 14.4. The van der Waals surface area contributed by atoms with Crippen LogP contribution in [0.2, 0.25) is 0 Å². The van der Waals surface area contributed by atoms with Gasteiger partial charge in [0.1, 0.15) is 0 Å². The van der Waals surface area contributed by atoms with Gasteiger partial charge in [0.05, 0.1) is 12.5 Å². The van der Waals surface area contributed by atoms with Crippen molar-refractivity contribution in [1.29, 1.82) is 0 Å². The Morgan fingerprint density at radius 3 is 2.37 bits per heavy atom. The van der Waals surface area contributed by atoms with Crippen LogP contribution in [0, 0.1) is 5.92 Å². The Morgan fingerprint density at radius 1 is 1.26 bits per heavy atom. The molecule has 1 N–H and O–H groups in total.